The molecule has 0 aromatic carbocycles. The molecule has 0 amide bonds. The van der Waals surface area contributed by atoms with Gasteiger partial charge in [-0.3, -0.25) is 0 Å². The summed E-state index contributed by atoms with van der Waals surface area (Å²) in [6.45, 7) is 6.23. The van der Waals surface area contributed by atoms with Gasteiger partial charge in [0.2, 0.25) is 0 Å². The van der Waals surface area contributed by atoms with Crippen molar-refractivity contribution in [3.8, 4) is 0 Å². The molecule has 0 atom stereocenters. The van der Waals surface area contributed by atoms with Gasteiger partial charge in [0.05, 0.1) is 0 Å². The number of hydrogen-bond acceptors (Lipinski definition) is 1. The smallest absolute Gasteiger partial charge is 0.0465 e. The molecule has 0 bridgehead atoms. The second kappa shape index (κ2) is 27.0. The Hall–Kier alpha value is -0.0400. The van der Waals surface area contributed by atoms with Gasteiger partial charge in [-0.15, -0.1) is 0 Å². The van der Waals surface area contributed by atoms with Crippen LogP contribution in [0, 0.1) is 0 Å². The topological polar surface area (TPSA) is 9.23 Å². The van der Waals surface area contributed by atoms with Crippen molar-refractivity contribution in [2.24, 2.45) is 0 Å². The molecule has 0 fully saturated rings. The molecular formula is C27H56O. The summed E-state index contributed by atoms with van der Waals surface area (Å²) in [5, 5.41) is 0. The molecule has 0 aliphatic rings. The molecule has 0 aliphatic heterocycles. The first kappa shape index (κ1) is 28.0. The fourth-order valence-electron chi connectivity index (χ4n) is 4.13. The van der Waals surface area contributed by atoms with Crippen molar-refractivity contribution < 1.29 is 4.74 Å². The summed E-state index contributed by atoms with van der Waals surface area (Å²) in [7, 11) is 0. The molecule has 1 heteroatoms. The third kappa shape index (κ3) is 26.0. The van der Waals surface area contributed by atoms with Gasteiger partial charge in [0, 0.05) is 13.2 Å². The maximum Gasteiger partial charge on any atom is 0.0465 e. The van der Waals surface area contributed by atoms with Crippen LogP contribution < -0.4 is 0 Å². The summed E-state index contributed by atoms with van der Waals surface area (Å²) in [5.74, 6) is 0. The zero-order valence-corrected chi connectivity index (χ0v) is 20.1. The van der Waals surface area contributed by atoms with Crippen LogP contribution in [0.2, 0.25) is 0 Å². The van der Waals surface area contributed by atoms with Crippen molar-refractivity contribution in [1.29, 1.82) is 0 Å². The van der Waals surface area contributed by atoms with Crippen LogP contribution in [-0.2, 0) is 4.74 Å². The first-order valence-corrected chi connectivity index (χ1v) is 13.5. The molecule has 0 rings (SSSR count). The SMILES string of the molecule is CCCCCCCCCCCCCCCCCCCCCCCCCOCC. The van der Waals surface area contributed by atoms with Crippen LogP contribution in [-0.4, -0.2) is 13.2 Å². The molecule has 0 saturated carbocycles. The second-order valence-corrected chi connectivity index (χ2v) is 8.98. The van der Waals surface area contributed by atoms with E-state index in [1.54, 1.807) is 0 Å². The minimum Gasteiger partial charge on any atom is -0.382 e. The number of hydrogen-bond donors (Lipinski definition) is 0. The highest BCUT2D eigenvalue weighted by molar-refractivity contribution is 4.51. The van der Waals surface area contributed by atoms with Gasteiger partial charge in [0.25, 0.3) is 0 Å². The first-order valence-electron chi connectivity index (χ1n) is 13.5. The van der Waals surface area contributed by atoms with E-state index >= 15 is 0 Å². The predicted molar refractivity (Wildman–Crippen MR) is 128 cm³/mol. The summed E-state index contributed by atoms with van der Waals surface area (Å²) >= 11 is 0. The lowest BCUT2D eigenvalue weighted by Crippen LogP contribution is -1.92. The molecule has 0 unspecified atom stereocenters. The predicted octanol–water partition coefficient (Wildman–Crippen LogP) is 10.0. The standard InChI is InChI=1S/C27H56O/c1-3-5-6-7-8-9-10-11-12-13-14-15-16-17-18-19-20-21-22-23-24-25-26-27-28-4-2/h3-27H2,1-2H3. The van der Waals surface area contributed by atoms with Crippen molar-refractivity contribution >= 4 is 0 Å². The largest absolute Gasteiger partial charge is 0.382 e. The third-order valence-electron chi connectivity index (χ3n) is 6.10. The van der Waals surface area contributed by atoms with Crippen LogP contribution >= 0.6 is 0 Å². The first-order chi connectivity index (χ1) is 13.9. The summed E-state index contributed by atoms with van der Waals surface area (Å²) in [5.41, 5.74) is 0. The maximum atomic E-state index is 5.38. The van der Waals surface area contributed by atoms with E-state index in [1.165, 1.54) is 148 Å². The van der Waals surface area contributed by atoms with Gasteiger partial charge >= 0.3 is 0 Å². The van der Waals surface area contributed by atoms with Crippen molar-refractivity contribution in [3.05, 3.63) is 0 Å². The van der Waals surface area contributed by atoms with Crippen molar-refractivity contribution in [2.75, 3.05) is 13.2 Å². The Kier molecular flexibility index (Phi) is 26.9. The van der Waals surface area contributed by atoms with E-state index in [4.69, 9.17) is 4.74 Å². The quantitative estimate of drug-likeness (QED) is 0.139. The fourth-order valence-corrected chi connectivity index (χ4v) is 4.13. The zero-order chi connectivity index (χ0) is 20.4. The van der Waals surface area contributed by atoms with Gasteiger partial charge < -0.3 is 4.74 Å². The Morgan fingerprint density at radius 3 is 0.821 bits per heavy atom. The van der Waals surface area contributed by atoms with E-state index in [1.807, 2.05) is 0 Å². The molecule has 0 spiro atoms. The summed E-state index contributed by atoms with van der Waals surface area (Å²) in [4.78, 5) is 0. The summed E-state index contributed by atoms with van der Waals surface area (Å²) in [6.07, 6.45) is 33.4. The van der Waals surface area contributed by atoms with E-state index in [0.717, 1.165) is 13.2 Å². The second-order valence-electron chi connectivity index (χ2n) is 8.98. The van der Waals surface area contributed by atoms with Crippen LogP contribution in [0.3, 0.4) is 0 Å². The molecule has 0 N–H and O–H groups in total. The Morgan fingerprint density at radius 1 is 0.321 bits per heavy atom. The number of unbranched alkanes of at least 4 members (excludes halogenated alkanes) is 22. The van der Waals surface area contributed by atoms with Crippen LogP contribution in [0.15, 0.2) is 0 Å². The Balaban J connectivity index is 2.96. The van der Waals surface area contributed by atoms with E-state index in [9.17, 15) is 0 Å². The van der Waals surface area contributed by atoms with Crippen molar-refractivity contribution in [1.82, 2.24) is 0 Å². The highest BCUT2D eigenvalue weighted by atomic mass is 16.5. The van der Waals surface area contributed by atoms with Crippen LogP contribution in [0.1, 0.15) is 162 Å². The summed E-state index contributed by atoms with van der Waals surface area (Å²) < 4.78 is 5.38. The van der Waals surface area contributed by atoms with Gasteiger partial charge in [-0.2, -0.15) is 0 Å². The normalized spacial score (nSPS) is 11.4. The third-order valence-corrected chi connectivity index (χ3v) is 6.10. The number of ether oxygens (including phenoxy) is 1. The van der Waals surface area contributed by atoms with E-state index in [-0.39, 0.29) is 0 Å². The zero-order valence-electron chi connectivity index (χ0n) is 20.1. The molecular weight excluding hydrogens is 340 g/mol. The van der Waals surface area contributed by atoms with Gasteiger partial charge in [0.15, 0.2) is 0 Å². The summed E-state index contributed by atoms with van der Waals surface area (Å²) in [6, 6.07) is 0. The number of rotatable bonds is 25. The van der Waals surface area contributed by atoms with Crippen LogP contribution in [0.25, 0.3) is 0 Å². The van der Waals surface area contributed by atoms with Gasteiger partial charge in [-0.05, 0) is 13.3 Å². The molecule has 28 heavy (non-hydrogen) atoms. The Bertz CT molecular complexity index is 225. The van der Waals surface area contributed by atoms with Crippen LogP contribution in [0.4, 0.5) is 0 Å². The lowest BCUT2D eigenvalue weighted by atomic mass is 10.0. The van der Waals surface area contributed by atoms with Crippen LogP contribution in [0.5, 0.6) is 0 Å². The lowest BCUT2D eigenvalue weighted by Gasteiger charge is -2.04. The molecule has 0 radical (unpaired) electrons. The molecule has 1 nitrogen and oxygen atoms in total. The average molecular weight is 397 g/mol. The fraction of sp³-hybridized carbons (Fsp3) is 1.00. The maximum absolute atomic E-state index is 5.38. The van der Waals surface area contributed by atoms with Crippen molar-refractivity contribution in [2.45, 2.75) is 162 Å². The molecule has 0 saturated heterocycles. The lowest BCUT2D eigenvalue weighted by molar-refractivity contribution is 0.143. The highest BCUT2D eigenvalue weighted by Crippen LogP contribution is 2.15. The van der Waals surface area contributed by atoms with E-state index < -0.39 is 0 Å². The van der Waals surface area contributed by atoms with Gasteiger partial charge in [-0.1, -0.05) is 148 Å². The average Bonchev–Trinajstić information content (AvgIpc) is 2.71. The van der Waals surface area contributed by atoms with Crippen molar-refractivity contribution in [3.63, 3.8) is 0 Å². The minimum absolute atomic E-state index is 0.874. The Labute approximate surface area is 179 Å². The van der Waals surface area contributed by atoms with E-state index in [0.29, 0.717) is 0 Å². The Morgan fingerprint density at radius 2 is 0.571 bits per heavy atom. The minimum atomic E-state index is 0.874. The molecule has 170 valence electrons. The molecule has 0 aromatic rings. The highest BCUT2D eigenvalue weighted by Gasteiger charge is 1.96. The monoisotopic (exact) mass is 396 g/mol. The van der Waals surface area contributed by atoms with E-state index in [2.05, 4.69) is 13.8 Å². The molecule has 0 aliphatic carbocycles. The van der Waals surface area contributed by atoms with Gasteiger partial charge in [-0.25, -0.2) is 0 Å². The molecule has 0 heterocycles. The molecule has 0 aromatic heterocycles. The van der Waals surface area contributed by atoms with Gasteiger partial charge in [0.1, 0.15) is 0 Å².